The van der Waals surface area contributed by atoms with Gasteiger partial charge in [0.05, 0.1) is 5.01 Å². The maximum absolute atomic E-state index is 12.1. The summed E-state index contributed by atoms with van der Waals surface area (Å²) in [5.74, 6) is 0.0826. The molecule has 2 N–H and O–H groups in total. The minimum Gasteiger partial charge on any atom is -0.337 e. The summed E-state index contributed by atoms with van der Waals surface area (Å²) in [6.07, 6.45) is 4.23. The van der Waals surface area contributed by atoms with Crippen molar-refractivity contribution in [2.24, 2.45) is 5.73 Å². The van der Waals surface area contributed by atoms with Gasteiger partial charge in [-0.2, -0.15) is 0 Å². The monoisotopic (exact) mass is 239 g/mol. The average Bonchev–Trinajstić information content (AvgIpc) is 2.78. The molecule has 5 heteroatoms. The van der Waals surface area contributed by atoms with Crippen LogP contribution in [0.3, 0.4) is 0 Å². The van der Waals surface area contributed by atoms with Crippen molar-refractivity contribution in [2.45, 2.75) is 25.7 Å². The highest BCUT2D eigenvalue weighted by atomic mass is 32.1. The normalized spacial score (nSPS) is 16.4. The number of aromatic nitrogens is 1. The van der Waals surface area contributed by atoms with E-state index < -0.39 is 0 Å². The van der Waals surface area contributed by atoms with Crippen molar-refractivity contribution >= 4 is 17.2 Å². The Morgan fingerprint density at radius 2 is 2.19 bits per heavy atom. The molecule has 1 saturated heterocycles. The summed E-state index contributed by atoms with van der Waals surface area (Å²) in [6, 6.07) is 0. The van der Waals surface area contributed by atoms with Crippen LogP contribution in [0.4, 0.5) is 0 Å². The van der Waals surface area contributed by atoms with E-state index in [0.717, 1.165) is 37.4 Å². The van der Waals surface area contributed by atoms with Crippen LogP contribution in [-0.4, -0.2) is 35.4 Å². The van der Waals surface area contributed by atoms with E-state index >= 15 is 0 Å². The number of carbonyl (C=O) groups excluding carboxylic acids is 1. The van der Waals surface area contributed by atoms with Gasteiger partial charge >= 0.3 is 0 Å². The molecule has 0 atom stereocenters. The van der Waals surface area contributed by atoms with Crippen LogP contribution in [-0.2, 0) is 6.42 Å². The summed E-state index contributed by atoms with van der Waals surface area (Å²) >= 11 is 1.53. The lowest BCUT2D eigenvalue weighted by Crippen LogP contribution is -2.35. The largest absolute Gasteiger partial charge is 0.337 e. The van der Waals surface area contributed by atoms with Gasteiger partial charge in [0.15, 0.2) is 0 Å². The molecule has 2 rings (SSSR count). The van der Waals surface area contributed by atoms with E-state index in [1.807, 2.05) is 10.3 Å². The van der Waals surface area contributed by atoms with Crippen LogP contribution in [0.25, 0.3) is 0 Å². The van der Waals surface area contributed by atoms with E-state index in [2.05, 4.69) is 4.98 Å². The third kappa shape index (κ3) is 2.59. The number of amides is 1. The standard InChI is InChI=1S/C11H17N3OS/c12-5-4-10-13-9(8-16-10)11(15)14-6-2-1-3-7-14/h8H,1-7,12H2. The van der Waals surface area contributed by atoms with E-state index in [1.165, 1.54) is 17.8 Å². The maximum Gasteiger partial charge on any atom is 0.273 e. The minimum atomic E-state index is 0.0826. The van der Waals surface area contributed by atoms with Crippen molar-refractivity contribution in [1.29, 1.82) is 0 Å². The van der Waals surface area contributed by atoms with Crippen molar-refractivity contribution in [3.63, 3.8) is 0 Å². The van der Waals surface area contributed by atoms with Crippen molar-refractivity contribution in [3.05, 3.63) is 16.1 Å². The van der Waals surface area contributed by atoms with Crippen LogP contribution in [0, 0.1) is 0 Å². The Bertz CT molecular complexity index is 358. The molecule has 2 heterocycles. The summed E-state index contributed by atoms with van der Waals surface area (Å²) in [5.41, 5.74) is 6.05. The van der Waals surface area contributed by atoms with Crippen molar-refractivity contribution in [2.75, 3.05) is 19.6 Å². The first-order chi connectivity index (χ1) is 7.81. The highest BCUT2D eigenvalue weighted by Crippen LogP contribution is 2.15. The quantitative estimate of drug-likeness (QED) is 0.864. The molecule has 1 fully saturated rings. The molecule has 88 valence electrons. The summed E-state index contributed by atoms with van der Waals surface area (Å²) in [4.78, 5) is 18.3. The number of thiazole rings is 1. The molecule has 0 bridgehead atoms. The van der Waals surface area contributed by atoms with Gasteiger partial charge in [0.25, 0.3) is 5.91 Å². The zero-order valence-electron chi connectivity index (χ0n) is 9.32. The molecule has 1 aromatic rings. The summed E-state index contributed by atoms with van der Waals surface area (Å²) < 4.78 is 0. The lowest BCUT2D eigenvalue weighted by Gasteiger charge is -2.25. The predicted molar refractivity (Wildman–Crippen MR) is 64.6 cm³/mol. The van der Waals surface area contributed by atoms with Crippen molar-refractivity contribution in [3.8, 4) is 0 Å². The zero-order chi connectivity index (χ0) is 11.4. The molecule has 1 amide bonds. The second kappa shape index (κ2) is 5.41. The van der Waals surface area contributed by atoms with E-state index in [4.69, 9.17) is 5.73 Å². The molecule has 1 aliphatic heterocycles. The second-order valence-electron chi connectivity index (χ2n) is 4.02. The Labute approximate surface area is 99.5 Å². The highest BCUT2D eigenvalue weighted by molar-refractivity contribution is 7.09. The summed E-state index contributed by atoms with van der Waals surface area (Å²) in [5, 5.41) is 2.81. The first kappa shape index (κ1) is 11.5. The van der Waals surface area contributed by atoms with Crippen molar-refractivity contribution < 1.29 is 4.79 Å². The van der Waals surface area contributed by atoms with Crippen LogP contribution < -0.4 is 5.73 Å². The number of nitrogens with two attached hydrogens (primary N) is 1. The molecule has 0 saturated carbocycles. The first-order valence-corrected chi connectivity index (χ1v) is 6.63. The molecule has 1 aromatic heterocycles. The van der Waals surface area contributed by atoms with Gasteiger partial charge in [0, 0.05) is 24.9 Å². The van der Waals surface area contributed by atoms with Gasteiger partial charge in [-0.25, -0.2) is 4.98 Å². The van der Waals surface area contributed by atoms with Crippen LogP contribution in [0.1, 0.15) is 34.8 Å². The van der Waals surface area contributed by atoms with Gasteiger partial charge in [-0.1, -0.05) is 0 Å². The smallest absolute Gasteiger partial charge is 0.273 e. The summed E-state index contributed by atoms with van der Waals surface area (Å²) in [6.45, 7) is 2.34. The fourth-order valence-electron chi connectivity index (χ4n) is 1.91. The van der Waals surface area contributed by atoms with Gasteiger partial charge in [0.1, 0.15) is 5.69 Å². The van der Waals surface area contributed by atoms with Crippen LogP contribution >= 0.6 is 11.3 Å². The van der Waals surface area contributed by atoms with Gasteiger partial charge in [-0.3, -0.25) is 4.79 Å². The number of piperidine rings is 1. The lowest BCUT2D eigenvalue weighted by atomic mass is 10.1. The Morgan fingerprint density at radius 1 is 1.44 bits per heavy atom. The maximum atomic E-state index is 12.1. The number of likely N-dealkylation sites (tertiary alicyclic amines) is 1. The molecule has 0 radical (unpaired) electrons. The number of carbonyl (C=O) groups is 1. The molecule has 1 aliphatic rings. The van der Waals surface area contributed by atoms with Crippen molar-refractivity contribution in [1.82, 2.24) is 9.88 Å². The van der Waals surface area contributed by atoms with Gasteiger partial charge in [-0.15, -0.1) is 11.3 Å². The first-order valence-electron chi connectivity index (χ1n) is 5.75. The van der Waals surface area contributed by atoms with Gasteiger partial charge < -0.3 is 10.6 Å². The number of hydrogen-bond donors (Lipinski definition) is 1. The highest BCUT2D eigenvalue weighted by Gasteiger charge is 2.20. The molecule has 0 unspecified atom stereocenters. The molecule has 4 nitrogen and oxygen atoms in total. The number of nitrogens with zero attached hydrogens (tertiary/aromatic N) is 2. The van der Waals surface area contributed by atoms with E-state index in [0.29, 0.717) is 12.2 Å². The Hall–Kier alpha value is -0.940. The SMILES string of the molecule is NCCc1nc(C(=O)N2CCCCC2)cs1. The predicted octanol–water partition coefficient (Wildman–Crippen LogP) is 1.27. The lowest BCUT2D eigenvalue weighted by molar-refractivity contribution is 0.0719. The van der Waals surface area contributed by atoms with Gasteiger partial charge in [-0.05, 0) is 25.8 Å². The number of rotatable bonds is 3. The van der Waals surface area contributed by atoms with E-state index in [9.17, 15) is 4.79 Å². The third-order valence-electron chi connectivity index (χ3n) is 2.77. The molecule has 16 heavy (non-hydrogen) atoms. The molecule has 0 spiro atoms. The van der Waals surface area contributed by atoms with E-state index in [1.54, 1.807) is 0 Å². The second-order valence-corrected chi connectivity index (χ2v) is 4.96. The molecule has 0 aliphatic carbocycles. The Balaban J connectivity index is 2.01. The molecular formula is C11H17N3OS. The third-order valence-corrected chi connectivity index (χ3v) is 3.68. The van der Waals surface area contributed by atoms with E-state index in [-0.39, 0.29) is 5.91 Å². The Kier molecular flexibility index (Phi) is 3.90. The average molecular weight is 239 g/mol. The number of hydrogen-bond acceptors (Lipinski definition) is 4. The van der Waals surface area contributed by atoms with Crippen LogP contribution in [0.2, 0.25) is 0 Å². The fourth-order valence-corrected chi connectivity index (χ4v) is 2.69. The minimum absolute atomic E-state index is 0.0826. The van der Waals surface area contributed by atoms with Crippen LogP contribution in [0.15, 0.2) is 5.38 Å². The summed E-state index contributed by atoms with van der Waals surface area (Å²) in [7, 11) is 0. The van der Waals surface area contributed by atoms with Gasteiger partial charge in [0.2, 0.25) is 0 Å². The molecule has 0 aromatic carbocycles. The Morgan fingerprint density at radius 3 is 2.88 bits per heavy atom. The molecular weight excluding hydrogens is 222 g/mol. The zero-order valence-corrected chi connectivity index (χ0v) is 10.1. The van der Waals surface area contributed by atoms with Crippen LogP contribution in [0.5, 0.6) is 0 Å². The fraction of sp³-hybridized carbons (Fsp3) is 0.636. The topological polar surface area (TPSA) is 59.2 Å².